The van der Waals surface area contributed by atoms with Crippen molar-refractivity contribution in [2.45, 2.75) is 50.5 Å². The van der Waals surface area contributed by atoms with Gasteiger partial charge in [0.25, 0.3) is 5.92 Å². The minimum atomic E-state index is -2.95. The quantitative estimate of drug-likeness (QED) is 0.916. The molecule has 0 radical (unpaired) electrons. The van der Waals surface area contributed by atoms with Crippen LogP contribution >= 0.6 is 0 Å². The molecule has 0 bridgehead atoms. The zero-order valence-corrected chi connectivity index (χ0v) is 12.8. The lowest BCUT2D eigenvalue weighted by Crippen LogP contribution is -2.39. The molecule has 21 heavy (non-hydrogen) atoms. The minimum absolute atomic E-state index is 0.0921. The minimum Gasteiger partial charge on any atom is -0.493 e. The van der Waals surface area contributed by atoms with Crippen molar-refractivity contribution in [1.29, 1.82) is 0 Å². The third-order valence-corrected chi connectivity index (χ3v) is 4.27. The van der Waals surface area contributed by atoms with Crippen LogP contribution in [0.2, 0.25) is 0 Å². The first-order valence-corrected chi connectivity index (χ1v) is 7.25. The molecule has 0 saturated heterocycles. The molecular weight excluding hydrogens is 276 g/mol. The molecule has 0 spiro atoms. The summed E-state index contributed by atoms with van der Waals surface area (Å²) in [7, 11) is 2.96. The Morgan fingerprint density at radius 1 is 1.10 bits per heavy atom. The van der Waals surface area contributed by atoms with Gasteiger partial charge in [-0.2, -0.15) is 0 Å². The number of rotatable bonds is 4. The lowest BCUT2D eigenvalue weighted by molar-refractivity contribution is 0.0170. The number of halogens is 2. The van der Waals surface area contributed by atoms with Crippen molar-refractivity contribution in [2.75, 3.05) is 14.2 Å². The Balaban J connectivity index is 2.61. The van der Waals surface area contributed by atoms with Crippen LogP contribution in [0.3, 0.4) is 0 Å². The van der Waals surface area contributed by atoms with Gasteiger partial charge < -0.3 is 15.2 Å². The molecular formula is C16H23F2NO2. The highest BCUT2D eigenvalue weighted by Gasteiger charge is 2.36. The molecule has 1 fully saturated rings. The molecule has 1 aliphatic carbocycles. The summed E-state index contributed by atoms with van der Waals surface area (Å²) >= 11 is 0. The van der Waals surface area contributed by atoms with E-state index in [0.717, 1.165) is 39.0 Å². The molecule has 1 aliphatic rings. The lowest BCUT2D eigenvalue weighted by atomic mass is 9.76. The van der Waals surface area contributed by atoms with Crippen molar-refractivity contribution in [3.63, 3.8) is 0 Å². The highest BCUT2D eigenvalue weighted by Crippen LogP contribution is 2.45. The molecule has 0 aromatic heterocycles. The van der Waals surface area contributed by atoms with E-state index in [2.05, 4.69) is 0 Å². The third-order valence-electron chi connectivity index (χ3n) is 4.27. The van der Waals surface area contributed by atoms with Gasteiger partial charge in [0.1, 0.15) is 0 Å². The lowest BCUT2D eigenvalue weighted by Gasteiger charge is -2.36. The molecule has 5 heteroatoms. The van der Waals surface area contributed by atoms with Crippen molar-refractivity contribution in [2.24, 2.45) is 5.73 Å². The van der Waals surface area contributed by atoms with Crippen molar-refractivity contribution in [3.05, 3.63) is 23.3 Å². The smallest absolute Gasteiger partial charge is 0.270 e. The maximum Gasteiger partial charge on any atom is 0.270 e. The fourth-order valence-electron chi connectivity index (χ4n) is 3.04. The topological polar surface area (TPSA) is 44.5 Å². The van der Waals surface area contributed by atoms with E-state index < -0.39 is 11.5 Å². The van der Waals surface area contributed by atoms with Gasteiger partial charge in [0.15, 0.2) is 11.5 Å². The van der Waals surface area contributed by atoms with Crippen LogP contribution in [-0.4, -0.2) is 14.2 Å². The average molecular weight is 299 g/mol. The maximum absolute atomic E-state index is 13.7. The Morgan fingerprint density at radius 3 is 2.19 bits per heavy atom. The van der Waals surface area contributed by atoms with Crippen LogP contribution in [0.15, 0.2) is 12.1 Å². The van der Waals surface area contributed by atoms with E-state index in [1.165, 1.54) is 26.4 Å². The Labute approximate surface area is 124 Å². The second kappa shape index (κ2) is 5.79. The van der Waals surface area contributed by atoms with Crippen molar-refractivity contribution in [3.8, 4) is 11.5 Å². The first-order valence-electron chi connectivity index (χ1n) is 7.25. The van der Waals surface area contributed by atoms with E-state index in [1.54, 1.807) is 0 Å². The van der Waals surface area contributed by atoms with E-state index in [1.807, 2.05) is 0 Å². The van der Waals surface area contributed by atoms with Gasteiger partial charge >= 0.3 is 0 Å². The molecule has 1 saturated carbocycles. The monoisotopic (exact) mass is 299 g/mol. The van der Waals surface area contributed by atoms with E-state index in [-0.39, 0.29) is 5.56 Å². The fraction of sp³-hybridized carbons (Fsp3) is 0.625. The number of alkyl halides is 2. The summed E-state index contributed by atoms with van der Waals surface area (Å²) < 4.78 is 38.1. The Bertz CT molecular complexity index is 506. The summed E-state index contributed by atoms with van der Waals surface area (Å²) in [4.78, 5) is 0. The largest absolute Gasteiger partial charge is 0.493 e. The summed E-state index contributed by atoms with van der Waals surface area (Å²) in [6.45, 7) is 0.877. The highest BCUT2D eigenvalue weighted by atomic mass is 19.3. The summed E-state index contributed by atoms with van der Waals surface area (Å²) in [6.07, 6.45) is 4.65. The standard InChI is InChI=1S/C16H23F2NO2/c1-15(17,18)11-9-12(14(21-3)13(10-11)20-2)16(19)7-5-4-6-8-16/h9-10H,4-8,19H2,1-3H3. The molecule has 2 rings (SSSR count). The molecule has 118 valence electrons. The second-order valence-electron chi connectivity index (χ2n) is 5.86. The van der Waals surface area contributed by atoms with Gasteiger partial charge in [-0.3, -0.25) is 0 Å². The predicted octanol–water partition coefficient (Wildman–Crippen LogP) is 3.93. The third kappa shape index (κ3) is 3.12. The molecule has 1 aromatic rings. The number of methoxy groups -OCH3 is 2. The van der Waals surface area contributed by atoms with Crippen LogP contribution in [0, 0.1) is 0 Å². The molecule has 0 atom stereocenters. The SMILES string of the molecule is COc1cc(C(C)(F)F)cc(C2(N)CCCCC2)c1OC. The number of hydrogen-bond acceptors (Lipinski definition) is 3. The van der Waals surface area contributed by atoms with Gasteiger partial charge in [-0.15, -0.1) is 0 Å². The van der Waals surface area contributed by atoms with Crippen LogP contribution in [0.5, 0.6) is 11.5 Å². The number of nitrogens with two attached hydrogens (primary N) is 1. The Morgan fingerprint density at radius 2 is 1.71 bits per heavy atom. The van der Waals surface area contributed by atoms with E-state index in [9.17, 15) is 8.78 Å². The molecule has 3 nitrogen and oxygen atoms in total. The van der Waals surface area contributed by atoms with E-state index in [4.69, 9.17) is 15.2 Å². The fourth-order valence-corrected chi connectivity index (χ4v) is 3.04. The first kappa shape index (κ1) is 16.0. The van der Waals surface area contributed by atoms with Gasteiger partial charge in [0.05, 0.1) is 14.2 Å². The Hall–Kier alpha value is -1.36. The first-order chi connectivity index (χ1) is 9.81. The normalized spacial score (nSPS) is 18.4. The average Bonchev–Trinajstić information content (AvgIpc) is 2.45. The Kier molecular flexibility index (Phi) is 4.42. The van der Waals surface area contributed by atoms with Crippen LogP contribution in [0.4, 0.5) is 8.78 Å². The van der Waals surface area contributed by atoms with Crippen molar-refractivity contribution < 1.29 is 18.3 Å². The second-order valence-corrected chi connectivity index (χ2v) is 5.86. The zero-order chi connectivity index (χ0) is 15.7. The highest BCUT2D eigenvalue weighted by molar-refractivity contribution is 5.53. The van der Waals surface area contributed by atoms with Crippen LogP contribution in [0.1, 0.15) is 50.2 Å². The number of ether oxygens (including phenoxy) is 2. The van der Waals surface area contributed by atoms with E-state index >= 15 is 0 Å². The number of hydrogen-bond donors (Lipinski definition) is 1. The molecule has 0 aliphatic heterocycles. The van der Waals surface area contributed by atoms with Crippen LogP contribution in [0.25, 0.3) is 0 Å². The van der Waals surface area contributed by atoms with Crippen LogP contribution in [-0.2, 0) is 11.5 Å². The molecule has 0 unspecified atom stereocenters. The van der Waals surface area contributed by atoms with Gasteiger partial charge in [0, 0.05) is 23.6 Å². The summed E-state index contributed by atoms with van der Waals surface area (Å²) in [5.41, 5.74) is 6.42. The van der Waals surface area contributed by atoms with Gasteiger partial charge in [-0.1, -0.05) is 19.3 Å². The van der Waals surface area contributed by atoms with Gasteiger partial charge in [-0.25, -0.2) is 8.78 Å². The van der Waals surface area contributed by atoms with Gasteiger partial charge in [0.2, 0.25) is 0 Å². The van der Waals surface area contributed by atoms with Gasteiger partial charge in [-0.05, 0) is 25.0 Å². The molecule has 2 N–H and O–H groups in total. The predicted molar refractivity (Wildman–Crippen MR) is 78.1 cm³/mol. The maximum atomic E-state index is 13.7. The van der Waals surface area contributed by atoms with Crippen LogP contribution < -0.4 is 15.2 Å². The molecule has 0 heterocycles. The molecule has 1 aromatic carbocycles. The number of benzene rings is 1. The van der Waals surface area contributed by atoms with Crippen molar-refractivity contribution in [1.82, 2.24) is 0 Å². The molecule has 0 amide bonds. The summed E-state index contributed by atoms with van der Waals surface area (Å²) in [5, 5.41) is 0. The summed E-state index contributed by atoms with van der Waals surface area (Å²) in [6, 6.07) is 2.81. The zero-order valence-electron chi connectivity index (χ0n) is 12.8. The van der Waals surface area contributed by atoms with E-state index in [0.29, 0.717) is 17.1 Å². The summed E-state index contributed by atoms with van der Waals surface area (Å²) in [5.74, 6) is -2.17. The van der Waals surface area contributed by atoms with Crippen molar-refractivity contribution >= 4 is 0 Å².